The standard InChI is InChI=1S/C17H16N4O3/c22-17(14-7-1-2-8-15(14)21(23)24)20-13-6-3-5-12(11-13)16-18-9-4-10-19-16/h1-3,5-8,11H,4,9-10H2,(H,18,19)(H,20,22). The summed E-state index contributed by atoms with van der Waals surface area (Å²) >= 11 is 0. The highest BCUT2D eigenvalue weighted by Crippen LogP contribution is 2.20. The molecule has 1 aliphatic rings. The van der Waals surface area contributed by atoms with Gasteiger partial charge in [0.1, 0.15) is 11.4 Å². The highest BCUT2D eigenvalue weighted by molar-refractivity contribution is 6.08. The molecule has 0 aromatic heterocycles. The van der Waals surface area contributed by atoms with E-state index in [1.165, 1.54) is 18.2 Å². The molecule has 7 nitrogen and oxygen atoms in total. The predicted octanol–water partition coefficient (Wildman–Crippen LogP) is 2.59. The number of carbonyl (C=O) groups is 1. The molecule has 2 aromatic carbocycles. The van der Waals surface area contributed by atoms with Crippen molar-refractivity contribution in [1.82, 2.24) is 5.32 Å². The van der Waals surface area contributed by atoms with E-state index in [0.717, 1.165) is 30.9 Å². The monoisotopic (exact) mass is 324 g/mol. The molecule has 2 N–H and O–H groups in total. The van der Waals surface area contributed by atoms with E-state index in [2.05, 4.69) is 15.6 Å². The second kappa shape index (κ2) is 6.91. The van der Waals surface area contributed by atoms with Crippen LogP contribution < -0.4 is 10.6 Å². The lowest BCUT2D eigenvalue weighted by Crippen LogP contribution is -2.30. The van der Waals surface area contributed by atoms with Crippen molar-refractivity contribution in [3.05, 3.63) is 69.8 Å². The summed E-state index contributed by atoms with van der Waals surface area (Å²) in [6.07, 6.45) is 0.998. The van der Waals surface area contributed by atoms with Gasteiger partial charge in [-0.2, -0.15) is 0 Å². The second-order valence-corrected chi connectivity index (χ2v) is 5.32. The number of nitro groups is 1. The van der Waals surface area contributed by atoms with E-state index in [1.807, 2.05) is 12.1 Å². The van der Waals surface area contributed by atoms with Crippen molar-refractivity contribution in [3.8, 4) is 0 Å². The molecule has 24 heavy (non-hydrogen) atoms. The summed E-state index contributed by atoms with van der Waals surface area (Å²) in [5.41, 5.74) is 1.24. The van der Waals surface area contributed by atoms with Crippen LogP contribution in [0.1, 0.15) is 22.3 Å². The molecule has 0 radical (unpaired) electrons. The number of hydrogen-bond donors (Lipinski definition) is 2. The van der Waals surface area contributed by atoms with Crippen molar-refractivity contribution in [2.75, 3.05) is 18.4 Å². The normalized spacial score (nSPS) is 13.6. The van der Waals surface area contributed by atoms with Crippen LogP contribution in [0.5, 0.6) is 0 Å². The number of para-hydroxylation sites is 1. The summed E-state index contributed by atoms with van der Waals surface area (Å²) < 4.78 is 0. The van der Waals surface area contributed by atoms with Gasteiger partial charge in [-0.3, -0.25) is 19.9 Å². The second-order valence-electron chi connectivity index (χ2n) is 5.32. The number of benzene rings is 2. The number of amides is 1. The summed E-state index contributed by atoms with van der Waals surface area (Å²) in [5.74, 6) is 0.279. The van der Waals surface area contributed by atoms with Crippen molar-refractivity contribution in [1.29, 1.82) is 0 Å². The largest absolute Gasteiger partial charge is 0.370 e. The van der Waals surface area contributed by atoms with Crippen molar-refractivity contribution >= 4 is 23.1 Å². The summed E-state index contributed by atoms with van der Waals surface area (Å²) in [5, 5.41) is 17.0. The summed E-state index contributed by atoms with van der Waals surface area (Å²) in [7, 11) is 0. The van der Waals surface area contributed by atoms with Crippen molar-refractivity contribution in [2.24, 2.45) is 4.99 Å². The Bertz CT molecular complexity index is 817. The Morgan fingerprint density at radius 2 is 2.04 bits per heavy atom. The first-order chi connectivity index (χ1) is 11.6. The molecule has 122 valence electrons. The van der Waals surface area contributed by atoms with Crippen molar-refractivity contribution in [2.45, 2.75) is 6.42 Å². The zero-order chi connectivity index (χ0) is 16.9. The molecule has 0 bridgehead atoms. The fourth-order valence-corrected chi connectivity index (χ4v) is 2.49. The van der Waals surface area contributed by atoms with Crippen LogP contribution in [0.15, 0.2) is 53.5 Å². The smallest absolute Gasteiger partial charge is 0.282 e. The average Bonchev–Trinajstić information content (AvgIpc) is 2.62. The minimum Gasteiger partial charge on any atom is -0.370 e. The van der Waals surface area contributed by atoms with Crippen LogP contribution in [0.2, 0.25) is 0 Å². The topological polar surface area (TPSA) is 96.6 Å². The third-order valence-electron chi connectivity index (χ3n) is 3.64. The Morgan fingerprint density at radius 3 is 2.79 bits per heavy atom. The molecule has 0 fully saturated rings. The maximum absolute atomic E-state index is 12.4. The number of hydrogen-bond acceptors (Lipinski definition) is 5. The van der Waals surface area contributed by atoms with E-state index in [1.54, 1.807) is 18.2 Å². The highest BCUT2D eigenvalue weighted by Gasteiger charge is 2.19. The fraction of sp³-hybridized carbons (Fsp3) is 0.176. The van der Waals surface area contributed by atoms with Crippen LogP contribution in [0.4, 0.5) is 11.4 Å². The molecular weight excluding hydrogens is 308 g/mol. The highest BCUT2D eigenvalue weighted by atomic mass is 16.6. The van der Waals surface area contributed by atoms with Crippen LogP contribution in [0, 0.1) is 10.1 Å². The Balaban J connectivity index is 1.83. The van der Waals surface area contributed by atoms with Crippen LogP contribution >= 0.6 is 0 Å². The molecule has 7 heteroatoms. The Labute approximate surface area is 138 Å². The van der Waals surface area contributed by atoms with E-state index in [4.69, 9.17) is 0 Å². The quantitative estimate of drug-likeness (QED) is 0.667. The van der Waals surface area contributed by atoms with Crippen LogP contribution in [0.25, 0.3) is 0 Å². The molecule has 2 aromatic rings. The van der Waals surface area contributed by atoms with Gasteiger partial charge in [-0.05, 0) is 24.6 Å². The summed E-state index contributed by atoms with van der Waals surface area (Å²) in [6.45, 7) is 1.64. The van der Waals surface area contributed by atoms with Crippen molar-refractivity contribution < 1.29 is 9.72 Å². The third kappa shape index (κ3) is 3.40. The molecule has 0 unspecified atom stereocenters. The van der Waals surface area contributed by atoms with Gasteiger partial charge in [0.15, 0.2) is 0 Å². The molecule has 0 spiro atoms. The van der Waals surface area contributed by atoms with Crippen molar-refractivity contribution in [3.63, 3.8) is 0 Å². The number of nitro benzene ring substituents is 1. The lowest BCUT2D eigenvalue weighted by atomic mass is 10.1. The number of nitrogens with zero attached hydrogens (tertiary/aromatic N) is 2. The maximum atomic E-state index is 12.4. The fourth-order valence-electron chi connectivity index (χ4n) is 2.49. The molecule has 0 aliphatic carbocycles. The zero-order valence-electron chi connectivity index (χ0n) is 12.9. The van der Waals surface area contributed by atoms with Gasteiger partial charge in [0, 0.05) is 30.4 Å². The Morgan fingerprint density at radius 1 is 1.21 bits per heavy atom. The van der Waals surface area contributed by atoms with Crippen LogP contribution in [-0.2, 0) is 0 Å². The molecule has 0 saturated carbocycles. The van der Waals surface area contributed by atoms with E-state index < -0.39 is 10.8 Å². The van der Waals surface area contributed by atoms with Gasteiger partial charge < -0.3 is 10.6 Å². The van der Waals surface area contributed by atoms with E-state index >= 15 is 0 Å². The van der Waals surface area contributed by atoms with Gasteiger partial charge in [0.05, 0.1) is 4.92 Å². The first-order valence-electron chi connectivity index (χ1n) is 7.58. The molecule has 1 amide bonds. The minimum absolute atomic E-state index is 0.0287. The third-order valence-corrected chi connectivity index (χ3v) is 3.64. The maximum Gasteiger partial charge on any atom is 0.282 e. The lowest BCUT2D eigenvalue weighted by Gasteiger charge is -2.15. The Kier molecular flexibility index (Phi) is 4.51. The van der Waals surface area contributed by atoms with Gasteiger partial charge in [0.25, 0.3) is 11.6 Å². The van der Waals surface area contributed by atoms with E-state index in [9.17, 15) is 14.9 Å². The molecule has 0 saturated heterocycles. The molecule has 1 aliphatic heterocycles. The van der Waals surface area contributed by atoms with E-state index in [-0.39, 0.29) is 11.3 Å². The molecule has 1 heterocycles. The van der Waals surface area contributed by atoms with Gasteiger partial charge in [-0.25, -0.2) is 0 Å². The number of aliphatic imine (C=N–C) groups is 1. The first kappa shape index (κ1) is 15.7. The molecular formula is C17H16N4O3. The summed E-state index contributed by atoms with van der Waals surface area (Å²) in [4.78, 5) is 27.3. The molecule has 0 atom stereocenters. The number of rotatable bonds is 4. The number of carbonyl (C=O) groups excluding carboxylic acids is 1. The van der Waals surface area contributed by atoms with E-state index in [0.29, 0.717) is 5.69 Å². The summed E-state index contributed by atoms with van der Waals surface area (Å²) in [6, 6.07) is 13.1. The first-order valence-corrected chi connectivity index (χ1v) is 7.58. The number of nitrogens with one attached hydrogen (secondary N) is 2. The Hall–Kier alpha value is -3.22. The van der Waals surface area contributed by atoms with Crippen LogP contribution in [-0.4, -0.2) is 29.8 Å². The van der Waals surface area contributed by atoms with Crippen LogP contribution in [0.3, 0.4) is 0 Å². The lowest BCUT2D eigenvalue weighted by molar-refractivity contribution is -0.385. The predicted molar refractivity (Wildman–Crippen MR) is 91.5 cm³/mol. The number of anilines is 1. The number of amidine groups is 1. The molecule has 3 rings (SSSR count). The zero-order valence-corrected chi connectivity index (χ0v) is 12.9. The van der Waals surface area contributed by atoms with Gasteiger partial charge in [-0.1, -0.05) is 24.3 Å². The van der Waals surface area contributed by atoms with Gasteiger partial charge >= 0.3 is 0 Å². The van der Waals surface area contributed by atoms with Gasteiger partial charge in [0.2, 0.25) is 0 Å². The minimum atomic E-state index is -0.563. The average molecular weight is 324 g/mol. The SMILES string of the molecule is O=C(Nc1cccc(C2=NCCCN2)c1)c1ccccc1[N+](=O)[O-]. The van der Waals surface area contributed by atoms with Gasteiger partial charge in [-0.15, -0.1) is 0 Å².